The van der Waals surface area contributed by atoms with E-state index in [9.17, 15) is 9.59 Å². The third kappa shape index (κ3) is 5.08. The van der Waals surface area contributed by atoms with E-state index < -0.39 is 12.1 Å². The van der Waals surface area contributed by atoms with Crippen LogP contribution in [0.25, 0.3) is 0 Å². The highest BCUT2D eigenvalue weighted by molar-refractivity contribution is 5.94. The molecule has 3 amide bonds. The van der Waals surface area contributed by atoms with Crippen LogP contribution in [0.2, 0.25) is 0 Å². The molecule has 0 heterocycles. The molecule has 0 bridgehead atoms. The lowest BCUT2D eigenvalue weighted by atomic mass is 10.1. The molecule has 6 nitrogen and oxygen atoms in total. The number of amides is 3. The van der Waals surface area contributed by atoms with Crippen LogP contribution in [0.1, 0.15) is 11.1 Å². The molecule has 1 unspecified atom stereocenters. The van der Waals surface area contributed by atoms with Gasteiger partial charge < -0.3 is 15.5 Å². The second-order valence-corrected chi connectivity index (χ2v) is 5.73. The van der Waals surface area contributed by atoms with E-state index in [1.807, 2.05) is 36.4 Å². The van der Waals surface area contributed by atoms with Gasteiger partial charge in [0.15, 0.2) is 0 Å². The van der Waals surface area contributed by atoms with Crippen molar-refractivity contribution >= 4 is 17.6 Å². The van der Waals surface area contributed by atoms with Crippen LogP contribution in [0.3, 0.4) is 0 Å². The Balaban J connectivity index is 2.11. The second-order valence-electron chi connectivity index (χ2n) is 5.73. The van der Waals surface area contributed by atoms with E-state index in [4.69, 9.17) is 5.26 Å². The van der Waals surface area contributed by atoms with Gasteiger partial charge in [0.05, 0.1) is 11.3 Å². The van der Waals surface area contributed by atoms with Crippen molar-refractivity contribution in [3.05, 3.63) is 65.7 Å². The van der Waals surface area contributed by atoms with E-state index in [-0.39, 0.29) is 5.91 Å². The van der Waals surface area contributed by atoms with Crippen LogP contribution in [0.5, 0.6) is 0 Å². The molecule has 128 valence electrons. The first-order valence-electron chi connectivity index (χ1n) is 7.83. The number of nitrogens with zero attached hydrogens (tertiary/aromatic N) is 2. The number of nitrogens with one attached hydrogen (secondary N) is 2. The number of benzene rings is 2. The molecule has 0 fully saturated rings. The molecule has 2 N–H and O–H groups in total. The highest BCUT2D eigenvalue weighted by Gasteiger charge is 2.23. The lowest BCUT2D eigenvalue weighted by Gasteiger charge is -2.22. The molecule has 2 aromatic rings. The van der Waals surface area contributed by atoms with E-state index in [1.165, 1.54) is 4.90 Å². The molecular weight excluding hydrogens is 316 g/mol. The zero-order valence-electron chi connectivity index (χ0n) is 14.2. The number of carbonyl (C=O) groups excluding carboxylic acids is 2. The number of hydrogen-bond acceptors (Lipinski definition) is 3. The minimum Gasteiger partial charge on any atom is -0.347 e. The molecule has 0 saturated heterocycles. The summed E-state index contributed by atoms with van der Waals surface area (Å²) < 4.78 is 0. The average molecular weight is 336 g/mol. The van der Waals surface area contributed by atoms with Crippen LogP contribution in [0.4, 0.5) is 10.5 Å². The minimum absolute atomic E-state index is 0.201. The van der Waals surface area contributed by atoms with Crippen molar-refractivity contribution in [2.24, 2.45) is 0 Å². The number of nitriles is 1. The summed E-state index contributed by atoms with van der Waals surface area (Å²) in [5.74, 6) is -0.201. The number of urea groups is 1. The molecule has 0 spiro atoms. The standard InChI is InChI=1S/C19H20N4O2/c1-23(2)18(24)17(12-14-8-4-3-5-9-14)22-19(25)21-16-11-7-6-10-15(16)13-20/h3-11,17H,12H2,1-2H3,(H2,21,22,25). The molecule has 0 radical (unpaired) electrons. The van der Waals surface area contributed by atoms with E-state index in [1.54, 1.807) is 38.4 Å². The molecule has 1 atom stereocenters. The van der Waals surface area contributed by atoms with E-state index in [0.717, 1.165) is 5.56 Å². The Morgan fingerprint density at radius 1 is 1.08 bits per heavy atom. The lowest BCUT2D eigenvalue weighted by Crippen LogP contribution is -2.48. The summed E-state index contributed by atoms with van der Waals surface area (Å²) in [6, 6.07) is 16.9. The second kappa shape index (κ2) is 8.50. The Morgan fingerprint density at radius 2 is 1.72 bits per heavy atom. The summed E-state index contributed by atoms with van der Waals surface area (Å²) in [6.07, 6.45) is 0.380. The third-order valence-corrected chi connectivity index (χ3v) is 3.62. The van der Waals surface area contributed by atoms with Crippen LogP contribution in [0, 0.1) is 11.3 Å². The van der Waals surface area contributed by atoms with Crippen molar-refractivity contribution < 1.29 is 9.59 Å². The van der Waals surface area contributed by atoms with Gasteiger partial charge in [-0.15, -0.1) is 0 Å². The van der Waals surface area contributed by atoms with E-state index in [2.05, 4.69) is 10.6 Å². The molecule has 0 aliphatic rings. The molecule has 25 heavy (non-hydrogen) atoms. The van der Waals surface area contributed by atoms with Crippen LogP contribution in [0.15, 0.2) is 54.6 Å². The number of rotatable bonds is 5. The van der Waals surface area contributed by atoms with Crippen molar-refractivity contribution in [3.8, 4) is 6.07 Å². The maximum Gasteiger partial charge on any atom is 0.319 e. The van der Waals surface area contributed by atoms with Crippen molar-refractivity contribution in [1.82, 2.24) is 10.2 Å². The average Bonchev–Trinajstić information content (AvgIpc) is 2.61. The Hall–Kier alpha value is -3.33. The van der Waals surface area contributed by atoms with Gasteiger partial charge in [-0.2, -0.15) is 5.26 Å². The van der Waals surface area contributed by atoms with Crippen molar-refractivity contribution in [2.45, 2.75) is 12.5 Å². The Bertz CT molecular complexity index is 782. The zero-order valence-corrected chi connectivity index (χ0v) is 14.2. The number of hydrogen-bond donors (Lipinski definition) is 2. The third-order valence-electron chi connectivity index (χ3n) is 3.62. The Kier molecular flexibility index (Phi) is 6.13. The number of anilines is 1. The summed E-state index contributed by atoms with van der Waals surface area (Å²) in [5, 5.41) is 14.4. The lowest BCUT2D eigenvalue weighted by molar-refractivity contribution is -0.130. The van der Waals surface area contributed by atoms with Crippen molar-refractivity contribution in [1.29, 1.82) is 5.26 Å². The van der Waals surface area contributed by atoms with Gasteiger partial charge in [-0.3, -0.25) is 4.79 Å². The summed E-state index contributed by atoms with van der Waals surface area (Å²) in [6.45, 7) is 0. The first kappa shape index (κ1) is 18.0. The molecule has 0 aliphatic heterocycles. The predicted octanol–water partition coefficient (Wildman–Crippen LogP) is 2.38. The van der Waals surface area contributed by atoms with Crippen LogP contribution in [-0.2, 0) is 11.2 Å². The summed E-state index contributed by atoms with van der Waals surface area (Å²) >= 11 is 0. The van der Waals surface area contributed by atoms with E-state index in [0.29, 0.717) is 17.7 Å². The fourth-order valence-electron chi connectivity index (χ4n) is 2.37. The van der Waals surface area contributed by atoms with Gasteiger partial charge in [0.2, 0.25) is 5.91 Å². The van der Waals surface area contributed by atoms with Crippen LogP contribution >= 0.6 is 0 Å². The number of para-hydroxylation sites is 1. The molecule has 0 aliphatic carbocycles. The van der Waals surface area contributed by atoms with Crippen molar-refractivity contribution in [3.63, 3.8) is 0 Å². The van der Waals surface area contributed by atoms with Gasteiger partial charge in [0.25, 0.3) is 0 Å². The monoisotopic (exact) mass is 336 g/mol. The summed E-state index contributed by atoms with van der Waals surface area (Å²) in [5.41, 5.74) is 1.70. The number of carbonyl (C=O) groups is 2. The molecule has 2 rings (SSSR count). The topological polar surface area (TPSA) is 85.2 Å². The first-order chi connectivity index (χ1) is 12.0. The van der Waals surface area contributed by atoms with Gasteiger partial charge in [-0.25, -0.2) is 4.79 Å². The predicted molar refractivity (Wildman–Crippen MR) is 95.9 cm³/mol. The van der Waals surface area contributed by atoms with Crippen LogP contribution < -0.4 is 10.6 Å². The smallest absolute Gasteiger partial charge is 0.319 e. The van der Waals surface area contributed by atoms with Gasteiger partial charge >= 0.3 is 6.03 Å². The SMILES string of the molecule is CN(C)C(=O)C(Cc1ccccc1)NC(=O)Nc1ccccc1C#N. The normalized spacial score (nSPS) is 11.1. The van der Waals surface area contributed by atoms with Crippen molar-refractivity contribution in [2.75, 3.05) is 19.4 Å². The maximum atomic E-state index is 12.4. The molecule has 0 saturated carbocycles. The summed E-state index contributed by atoms with van der Waals surface area (Å²) in [7, 11) is 3.29. The molecular formula is C19H20N4O2. The van der Waals surface area contributed by atoms with Gasteiger partial charge in [0.1, 0.15) is 12.1 Å². The largest absolute Gasteiger partial charge is 0.347 e. The van der Waals surface area contributed by atoms with Crippen LogP contribution in [-0.4, -0.2) is 37.0 Å². The van der Waals surface area contributed by atoms with Gasteiger partial charge in [-0.05, 0) is 17.7 Å². The highest BCUT2D eigenvalue weighted by Crippen LogP contribution is 2.13. The van der Waals surface area contributed by atoms with E-state index >= 15 is 0 Å². The number of likely N-dealkylation sites (N-methyl/N-ethyl adjacent to an activating group) is 1. The fourth-order valence-corrected chi connectivity index (χ4v) is 2.37. The molecule has 6 heteroatoms. The molecule has 2 aromatic carbocycles. The fraction of sp³-hybridized carbons (Fsp3) is 0.211. The highest BCUT2D eigenvalue weighted by atomic mass is 16.2. The minimum atomic E-state index is -0.702. The Morgan fingerprint density at radius 3 is 2.36 bits per heavy atom. The zero-order chi connectivity index (χ0) is 18.2. The summed E-state index contributed by atoms with van der Waals surface area (Å²) in [4.78, 5) is 26.1. The first-order valence-corrected chi connectivity index (χ1v) is 7.83. The van der Waals surface area contributed by atoms with Gasteiger partial charge in [0, 0.05) is 20.5 Å². The Labute approximate surface area is 147 Å². The maximum absolute atomic E-state index is 12.4. The molecule has 0 aromatic heterocycles. The van der Waals surface area contributed by atoms with Gasteiger partial charge in [-0.1, -0.05) is 42.5 Å². The quantitative estimate of drug-likeness (QED) is 0.879.